The Morgan fingerprint density at radius 1 is 1.46 bits per heavy atom. The summed E-state index contributed by atoms with van der Waals surface area (Å²) >= 11 is 0. The maximum atomic E-state index is 11.1. The first kappa shape index (κ1) is 12.6. The van der Waals surface area contributed by atoms with Gasteiger partial charge >= 0.3 is 0 Å². The maximum absolute atomic E-state index is 11.1. The molecule has 0 aromatic rings. The van der Waals surface area contributed by atoms with Crippen molar-refractivity contribution in [3.63, 3.8) is 0 Å². The Bertz CT molecular complexity index is 159. The predicted octanol–water partition coefficient (Wildman–Crippen LogP) is 0.947. The molecule has 3 heteroatoms. The summed E-state index contributed by atoms with van der Waals surface area (Å²) in [6.45, 7) is 5.65. The highest BCUT2D eigenvalue weighted by Crippen LogP contribution is 2.30. The molecule has 0 aliphatic heterocycles. The molecule has 0 aromatic carbocycles. The van der Waals surface area contributed by atoms with Crippen LogP contribution in [0.4, 0.5) is 0 Å². The average molecular weight is 187 g/mol. The van der Waals surface area contributed by atoms with Gasteiger partial charge in [-0.05, 0) is 18.8 Å². The third kappa shape index (κ3) is 3.08. The van der Waals surface area contributed by atoms with Crippen molar-refractivity contribution in [3.05, 3.63) is 0 Å². The molecule has 0 aromatic heterocycles. The first-order chi connectivity index (χ1) is 6.16. The fourth-order valence-electron chi connectivity index (χ4n) is 1.77. The fraction of sp³-hybridized carbons (Fsp3) is 0.900. The van der Waals surface area contributed by atoms with Gasteiger partial charge in [0.15, 0.2) is 5.78 Å². The van der Waals surface area contributed by atoms with Crippen molar-refractivity contribution in [2.75, 3.05) is 6.61 Å². The van der Waals surface area contributed by atoms with E-state index < -0.39 is 0 Å². The highest BCUT2D eigenvalue weighted by atomic mass is 16.3. The van der Waals surface area contributed by atoms with Crippen molar-refractivity contribution in [1.82, 2.24) is 0 Å². The smallest absolute Gasteiger partial charge is 0.161 e. The SMILES string of the molecule is CC.CC1C(N)CCC1C(=O)CO. The van der Waals surface area contributed by atoms with E-state index in [9.17, 15) is 4.79 Å². The molecule has 0 heterocycles. The van der Waals surface area contributed by atoms with Crippen LogP contribution in [0.3, 0.4) is 0 Å². The van der Waals surface area contributed by atoms with Crippen LogP contribution in [0.5, 0.6) is 0 Å². The number of Topliss-reactive ketones (excluding diaryl/α,β-unsaturated/α-hetero) is 1. The molecule has 1 saturated carbocycles. The van der Waals surface area contributed by atoms with E-state index in [1.807, 2.05) is 20.8 Å². The second kappa shape index (κ2) is 6.11. The molecule has 3 nitrogen and oxygen atoms in total. The Labute approximate surface area is 80.3 Å². The summed E-state index contributed by atoms with van der Waals surface area (Å²) in [7, 11) is 0. The third-order valence-corrected chi connectivity index (χ3v) is 2.69. The topological polar surface area (TPSA) is 63.3 Å². The van der Waals surface area contributed by atoms with Gasteiger partial charge < -0.3 is 10.8 Å². The van der Waals surface area contributed by atoms with Crippen molar-refractivity contribution < 1.29 is 9.90 Å². The van der Waals surface area contributed by atoms with Gasteiger partial charge in [-0.3, -0.25) is 4.79 Å². The number of rotatable bonds is 2. The molecule has 3 unspecified atom stereocenters. The zero-order chi connectivity index (χ0) is 10.4. The van der Waals surface area contributed by atoms with Crippen LogP contribution in [0.2, 0.25) is 0 Å². The number of carbonyl (C=O) groups excluding carboxylic acids is 1. The first-order valence-electron chi connectivity index (χ1n) is 5.06. The van der Waals surface area contributed by atoms with E-state index >= 15 is 0 Å². The summed E-state index contributed by atoms with van der Waals surface area (Å²) in [5, 5.41) is 8.61. The minimum atomic E-state index is -0.332. The van der Waals surface area contributed by atoms with Crippen LogP contribution in [0, 0.1) is 11.8 Å². The van der Waals surface area contributed by atoms with E-state index in [0.29, 0.717) is 0 Å². The van der Waals surface area contributed by atoms with Crippen LogP contribution in [0.15, 0.2) is 0 Å². The Morgan fingerprint density at radius 3 is 2.31 bits per heavy atom. The van der Waals surface area contributed by atoms with E-state index in [4.69, 9.17) is 10.8 Å². The van der Waals surface area contributed by atoms with Gasteiger partial charge in [-0.15, -0.1) is 0 Å². The second-order valence-corrected chi connectivity index (χ2v) is 3.33. The molecule has 0 amide bonds. The Morgan fingerprint density at radius 2 is 2.00 bits per heavy atom. The van der Waals surface area contributed by atoms with Crippen molar-refractivity contribution >= 4 is 5.78 Å². The van der Waals surface area contributed by atoms with Gasteiger partial charge in [0.05, 0.1) is 0 Å². The molecule has 0 radical (unpaired) electrons. The van der Waals surface area contributed by atoms with E-state index in [-0.39, 0.29) is 30.3 Å². The molecule has 13 heavy (non-hydrogen) atoms. The summed E-state index contributed by atoms with van der Waals surface area (Å²) in [6.07, 6.45) is 1.76. The van der Waals surface area contributed by atoms with Crippen LogP contribution in [0.25, 0.3) is 0 Å². The van der Waals surface area contributed by atoms with Crippen molar-refractivity contribution in [1.29, 1.82) is 0 Å². The van der Waals surface area contributed by atoms with Crippen molar-refractivity contribution in [2.45, 2.75) is 39.7 Å². The molecule has 1 rings (SSSR count). The van der Waals surface area contributed by atoms with Gasteiger partial charge in [0, 0.05) is 12.0 Å². The molecule has 1 aliphatic rings. The molecule has 1 fully saturated rings. The largest absolute Gasteiger partial charge is 0.389 e. The number of nitrogens with two attached hydrogens (primary N) is 1. The average Bonchev–Trinajstić information content (AvgIpc) is 2.50. The Hall–Kier alpha value is -0.410. The van der Waals surface area contributed by atoms with Gasteiger partial charge in [-0.1, -0.05) is 20.8 Å². The molecule has 3 atom stereocenters. The monoisotopic (exact) mass is 187 g/mol. The summed E-state index contributed by atoms with van der Waals surface area (Å²) in [4.78, 5) is 11.1. The molecule has 0 bridgehead atoms. The number of carbonyl (C=O) groups is 1. The highest BCUT2D eigenvalue weighted by molar-refractivity contribution is 5.82. The summed E-state index contributed by atoms with van der Waals surface area (Å²) in [5.74, 6) is 0.204. The van der Waals surface area contributed by atoms with Gasteiger partial charge in [0.2, 0.25) is 0 Å². The van der Waals surface area contributed by atoms with Gasteiger partial charge in [0.1, 0.15) is 6.61 Å². The standard InChI is InChI=1S/C8H15NO2.C2H6/c1-5-6(8(11)4-10)2-3-7(5)9;1-2/h5-7,10H,2-4,9H2,1H3;1-2H3. The minimum absolute atomic E-state index is 0.00926. The van der Waals surface area contributed by atoms with E-state index in [1.165, 1.54) is 0 Å². The Balaban J connectivity index is 0.000000671. The van der Waals surface area contributed by atoms with E-state index in [1.54, 1.807) is 0 Å². The molecule has 0 saturated heterocycles. The number of ketones is 1. The molecular weight excluding hydrogens is 166 g/mol. The van der Waals surface area contributed by atoms with Crippen LogP contribution in [-0.2, 0) is 4.79 Å². The lowest BCUT2D eigenvalue weighted by Gasteiger charge is -2.15. The zero-order valence-corrected chi connectivity index (χ0v) is 8.79. The first-order valence-corrected chi connectivity index (χ1v) is 5.06. The van der Waals surface area contributed by atoms with E-state index in [0.717, 1.165) is 12.8 Å². The Kier molecular flexibility index (Phi) is 5.91. The van der Waals surface area contributed by atoms with Crippen LogP contribution < -0.4 is 5.73 Å². The van der Waals surface area contributed by atoms with Gasteiger partial charge in [-0.2, -0.15) is 0 Å². The minimum Gasteiger partial charge on any atom is -0.389 e. The van der Waals surface area contributed by atoms with Crippen LogP contribution in [-0.4, -0.2) is 23.5 Å². The normalized spacial score (nSPS) is 32.2. The molecule has 1 aliphatic carbocycles. The van der Waals surface area contributed by atoms with Crippen molar-refractivity contribution in [2.24, 2.45) is 17.6 Å². The predicted molar refractivity (Wildman–Crippen MR) is 53.3 cm³/mol. The lowest BCUT2D eigenvalue weighted by molar-refractivity contribution is -0.126. The lowest BCUT2D eigenvalue weighted by atomic mass is 9.92. The molecule has 78 valence electrons. The van der Waals surface area contributed by atoms with Gasteiger partial charge in [-0.25, -0.2) is 0 Å². The number of aliphatic hydroxyl groups excluding tert-OH is 1. The molecule has 3 N–H and O–H groups in total. The van der Waals surface area contributed by atoms with Crippen LogP contribution in [0.1, 0.15) is 33.6 Å². The summed E-state index contributed by atoms with van der Waals surface area (Å²) in [5.41, 5.74) is 5.73. The molecular formula is C10H21NO2. The molecule has 0 spiro atoms. The highest BCUT2D eigenvalue weighted by Gasteiger charge is 2.34. The third-order valence-electron chi connectivity index (χ3n) is 2.69. The van der Waals surface area contributed by atoms with Crippen LogP contribution >= 0.6 is 0 Å². The maximum Gasteiger partial charge on any atom is 0.161 e. The van der Waals surface area contributed by atoms with E-state index in [2.05, 4.69) is 0 Å². The zero-order valence-electron chi connectivity index (χ0n) is 8.79. The number of aliphatic hydroxyl groups is 1. The summed E-state index contributed by atoms with van der Waals surface area (Å²) in [6, 6.07) is 0.149. The summed E-state index contributed by atoms with van der Waals surface area (Å²) < 4.78 is 0. The fourth-order valence-corrected chi connectivity index (χ4v) is 1.77. The second-order valence-electron chi connectivity index (χ2n) is 3.33. The number of hydrogen-bond acceptors (Lipinski definition) is 3. The van der Waals surface area contributed by atoms with Crippen molar-refractivity contribution in [3.8, 4) is 0 Å². The lowest BCUT2D eigenvalue weighted by Crippen LogP contribution is -2.29. The quantitative estimate of drug-likeness (QED) is 0.676. The van der Waals surface area contributed by atoms with Gasteiger partial charge in [0.25, 0.3) is 0 Å². The number of hydrogen-bond donors (Lipinski definition) is 2.